The minimum Gasteiger partial charge on any atom is -0.393 e. The van der Waals surface area contributed by atoms with Crippen LogP contribution >= 0.6 is 0 Å². The highest BCUT2D eigenvalue weighted by molar-refractivity contribution is 5.97. The third-order valence-corrected chi connectivity index (χ3v) is 5.42. The number of rotatable bonds is 5. The highest BCUT2D eigenvalue weighted by Gasteiger charge is 2.26. The van der Waals surface area contributed by atoms with Crippen molar-refractivity contribution in [1.82, 2.24) is 20.4 Å². The molecule has 0 unspecified atom stereocenters. The molecular formula is C18H32N4O4. The summed E-state index contributed by atoms with van der Waals surface area (Å²) in [4.78, 5) is 39.9. The van der Waals surface area contributed by atoms with Crippen molar-refractivity contribution in [3.05, 3.63) is 0 Å². The van der Waals surface area contributed by atoms with E-state index in [-0.39, 0.29) is 24.6 Å². The van der Waals surface area contributed by atoms with Gasteiger partial charge in [-0.1, -0.05) is 19.3 Å². The lowest BCUT2D eigenvalue weighted by molar-refractivity contribution is -0.135. The van der Waals surface area contributed by atoms with Gasteiger partial charge in [-0.05, 0) is 39.7 Å². The molecule has 3 N–H and O–H groups in total. The van der Waals surface area contributed by atoms with E-state index in [9.17, 15) is 19.5 Å². The summed E-state index contributed by atoms with van der Waals surface area (Å²) in [6.45, 7) is 2.86. The van der Waals surface area contributed by atoms with Gasteiger partial charge >= 0.3 is 6.03 Å². The van der Waals surface area contributed by atoms with Gasteiger partial charge in [0.2, 0.25) is 11.8 Å². The highest BCUT2D eigenvalue weighted by atomic mass is 16.3. The predicted molar refractivity (Wildman–Crippen MR) is 97.5 cm³/mol. The second-order valence-electron chi connectivity index (χ2n) is 7.50. The van der Waals surface area contributed by atoms with Gasteiger partial charge in [0.05, 0.1) is 18.7 Å². The van der Waals surface area contributed by atoms with Crippen molar-refractivity contribution in [1.29, 1.82) is 0 Å². The largest absolute Gasteiger partial charge is 0.393 e. The lowest BCUT2D eigenvalue weighted by Crippen LogP contribution is -2.53. The number of carbonyl (C=O) groups excluding carboxylic acids is 3. The summed E-state index contributed by atoms with van der Waals surface area (Å²) in [5.74, 6) is -0.478. The number of amides is 4. The van der Waals surface area contributed by atoms with E-state index in [0.717, 1.165) is 25.7 Å². The van der Waals surface area contributed by atoms with Crippen molar-refractivity contribution in [3.63, 3.8) is 0 Å². The van der Waals surface area contributed by atoms with Crippen LogP contribution in [-0.2, 0) is 9.59 Å². The Balaban J connectivity index is 1.73. The van der Waals surface area contributed by atoms with E-state index in [1.807, 2.05) is 0 Å². The fraction of sp³-hybridized carbons (Fsp3) is 0.833. The summed E-state index contributed by atoms with van der Waals surface area (Å²) >= 11 is 0. The number of carbonyl (C=O) groups is 3. The van der Waals surface area contributed by atoms with Gasteiger partial charge < -0.3 is 15.3 Å². The number of imide groups is 1. The van der Waals surface area contributed by atoms with Gasteiger partial charge in [0.15, 0.2) is 0 Å². The Morgan fingerprint density at radius 3 is 2.35 bits per heavy atom. The second-order valence-corrected chi connectivity index (χ2v) is 7.50. The van der Waals surface area contributed by atoms with Gasteiger partial charge in [-0.25, -0.2) is 4.79 Å². The molecule has 1 atom stereocenters. The molecule has 0 radical (unpaired) electrons. The van der Waals surface area contributed by atoms with E-state index in [1.54, 1.807) is 23.8 Å². The zero-order valence-corrected chi connectivity index (χ0v) is 15.9. The Hall–Kier alpha value is -1.67. The van der Waals surface area contributed by atoms with Crippen LogP contribution in [0.2, 0.25) is 0 Å². The normalized spacial score (nSPS) is 20.7. The summed E-state index contributed by atoms with van der Waals surface area (Å²) in [5.41, 5.74) is 0. The Morgan fingerprint density at radius 1 is 1.12 bits per heavy atom. The standard InChI is InChI=1S/C18H32N4O4/c1-13(17(25)20-18(26)19-14-6-4-3-5-7-14)21(2)12-16(24)22-10-8-15(23)9-11-22/h13-15,23H,3-12H2,1-2H3,(H2,19,20,25,26)/t13-/m1/s1. The van der Waals surface area contributed by atoms with E-state index in [2.05, 4.69) is 10.6 Å². The number of aliphatic hydroxyl groups is 1. The minimum absolute atomic E-state index is 0.0642. The molecule has 1 saturated carbocycles. The number of hydrogen-bond donors (Lipinski definition) is 3. The molecule has 26 heavy (non-hydrogen) atoms. The first-order valence-electron chi connectivity index (χ1n) is 9.64. The Morgan fingerprint density at radius 2 is 1.73 bits per heavy atom. The van der Waals surface area contributed by atoms with Crippen molar-refractivity contribution in [3.8, 4) is 0 Å². The van der Waals surface area contributed by atoms with Crippen molar-refractivity contribution in [2.45, 2.75) is 70.1 Å². The Kier molecular flexibility index (Phi) is 7.84. The molecule has 0 aromatic heterocycles. The molecule has 1 heterocycles. The zero-order chi connectivity index (χ0) is 19.1. The number of likely N-dealkylation sites (N-methyl/N-ethyl adjacent to an activating group) is 1. The van der Waals surface area contributed by atoms with E-state index in [4.69, 9.17) is 0 Å². The fourth-order valence-corrected chi connectivity index (χ4v) is 3.45. The van der Waals surface area contributed by atoms with Crippen LogP contribution in [0.1, 0.15) is 51.9 Å². The summed E-state index contributed by atoms with van der Waals surface area (Å²) in [6, 6.07) is -0.912. The third kappa shape index (κ3) is 6.25. The maximum Gasteiger partial charge on any atom is 0.321 e. The molecule has 2 fully saturated rings. The molecule has 4 amide bonds. The molecule has 0 bridgehead atoms. The van der Waals surface area contributed by atoms with Gasteiger partial charge in [-0.3, -0.25) is 19.8 Å². The fourth-order valence-electron chi connectivity index (χ4n) is 3.45. The average molecular weight is 368 g/mol. The first kappa shape index (κ1) is 20.6. The third-order valence-electron chi connectivity index (χ3n) is 5.42. The van der Waals surface area contributed by atoms with Crippen LogP contribution in [-0.4, -0.2) is 77.6 Å². The second kappa shape index (κ2) is 9.87. The lowest BCUT2D eigenvalue weighted by Gasteiger charge is -2.32. The highest BCUT2D eigenvalue weighted by Crippen LogP contribution is 2.17. The Bertz CT molecular complexity index is 499. The van der Waals surface area contributed by atoms with Gasteiger partial charge in [0.25, 0.3) is 0 Å². The maximum absolute atomic E-state index is 12.3. The van der Waals surface area contributed by atoms with E-state index in [1.165, 1.54) is 6.42 Å². The monoisotopic (exact) mass is 368 g/mol. The molecule has 2 aliphatic rings. The van der Waals surface area contributed by atoms with Gasteiger partial charge in [-0.2, -0.15) is 0 Å². The SMILES string of the molecule is C[C@H](C(=O)NC(=O)NC1CCCCC1)N(C)CC(=O)N1CCC(O)CC1. The number of urea groups is 1. The van der Waals surface area contributed by atoms with Crippen LogP contribution < -0.4 is 10.6 Å². The molecule has 1 aliphatic carbocycles. The molecule has 8 heteroatoms. The van der Waals surface area contributed by atoms with Crippen molar-refractivity contribution < 1.29 is 19.5 Å². The first-order chi connectivity index (χ1) is 12.4. The molecular weight excluding hydrogens is 336 g/mol. The summed E-state index contributed by atoms with van der Waals surface area (Å²) in [6.07, 6.45) is 6.17. The summed E-state index contributed by atoms with van der Waals surface area (Å²) in [5, 5.41) is 14.7. The quantitative estimate of drug-likeness (QED) is 0.654. The van der Waals surface area contributed by atoms with Crippen molar-refractivity contribution in [2.75, 3.05) is 26.7 Å². The van der Waals surface area contributed by atoms with Crippen molar-refractivity contribution >= 4 is 17.8 Å². The molecule has 148 valence electrons. The van der Waals surface area contributed by atoms with E-state index < -0.39 is 18.0 Å². The first-order valence-corrected chi connectivity index (χ1v) is 9.64. The van der Waals surface area contributed by atoms with Crippen molar-refractivity contribution in [2.24, 2.45) is 0 Å². The molecule has 1 saturated heterocycles. The number of aliphatic hydroxyl groups excluding tert-OH is 1. The lowest BCUT2D eigenvalue weighted by atomic mass is 9.96. The van der Waals surface area contributed by atoms with E-state index in [0.29, 0.717) is 25.9 Å². The summed E-state index contributed by atoms with van der Waals surface area (Å²) < 4.78 is 0. The molecule has 0 aromatic carbocycles. The topological polar surface area (TPSA) is 102 Å². The van der Waals surface area contributed by atoms with Gasteiger partial charge in [0.1, 0.15) is 0 Å². The molecule has 1 aliphatic heterocycles. The average Bonchev–Trinajstić information content (AvgIpc) is 2.62. The maximum atomic E-state index is 12.3. The van der Waals surface area contributed by atoms with Crippen LogP contribution in [0.4, 0.5) is 4.79 Å². The van der Waals surface area contributed by atoms with Crippen LogP contribution in [0.3, 0.4) is 0 Å². The van der Waals surface area contributed by atoms with Crippen LogP contribution in [0, 0.1) is 0 Å². The van der Waals surface area contributed by atoms with Gasteiger partial charge in [-0.15, -0.1) is 0 Å². The molecule has 2 rings (SSSR count). The number of nitrogens with zero attached hydrogens (tertiary/aromatic N) is 2. The number of hydrogen-bond acceptors (Lipinski definition) is 5. The van der Waals surface area contributed by atoms with Crippen LogP contribution in [0.5, 0.6) is 0 Å². The minimum atomic E-state index is -0.591. The summed E-state index contributed by atoms with van der Waals surface area (Å²) in [7, 11) is 1.69. The van der Waals surface area contributed by atoms with Gasteiger partial charge in [0, 0.05) is 19.1 Å². The zero-order valence-electron chi connectivity index (χ0n) is 15.9. The van der Waals surface area contributed by atoms with Crippen LogP contribution in [0.25, 0.3) is 0 Å². The molecule has 0 spiro atoms. The number of likely N-dealkylation sites (tertiary alicyclic amines) is 1. The van der Waals surface area contributed by atoms with Crippen LogP contribution in [0.15, 0.2) is 0 Å². The number of piperidine rings is 1. The van der Waals surface area contributed by atoms with E-state index >= 15 is 0 Å². The molecule has 0 aromatic rings. The smallest absolute Gasteiger partial charge is 0.321 e. The predicted octanol–water partition coefficient (Wildman–Crippen LogP) is 0.449. The molecule has 8 nitrogen and oxygen atoms in total. The Labute approximate surface area is 155 Å². The number of nitrogens with one attached hydrogen (secondary N) is 2.